The molecule has 0 fully saturated rings. The lowest BCUT2D eigenvalue weighted by Gasteiger charge is -2.09. The number of carboxylic acid groups (broad SMARTS) is 1. The van der Waals surface area contributed by atoms with Gasteiger partial charge in [-0.1, -0.05) is 13.8 Å². The minimum absolute atomic E-state index is 0.101. The van der Waals surface area contributed by atoms with Crippen LogP contribution in [0.5, 0.6) is 0 Å². The molecule has 0 saturated carbocycles. The summed E-state index contributed by atoms with van der Waals surface area (Å²) in [4.78, 5) is 23.6. The first kappa shape index (κ1) is 15.4. The SMILES string of the molecule is Cc1cc(C(C)C)nc(NCCc2nc(C(=O)O)cs2)n1. The van der Waals surface area contributed by atoms with Crippen molar-refractivity contribution in [3.05, 3.63) is 33.5 Å². The summed E-state index contributed by atoms with van der Waals surface area (Å²) in [6.45, 7) is 6.75. The van der Waals surface area contributed by atoms with E-state index in [0.717, 1.165) is 16.4 Å². The molecule has 2 heterocycles. The highest BCUT2D eigenvalue weighted by molar-refractivity contribution is 7.09. The molecule has 0 atom stereocenters. The smallest absolute Gasteiger partial charge is 0.355 e. The second-order valence-corrected chi connectivity index (χ2v) is 5.96. The Morgan fingerprint density at radius 3 is 2.76 bits per heavy atom. The fraction of sp³-hybridized carbons (Fsp3) is 0.429. The van der Waals surface area contributed by atoms with Gasteiger partial charge in [0, 0.05) is 29.7 Å². The van der Waals surface area contributed by atoms with Crippen molar-refractivity contribution in [2.45, 2.75) is 33.1 Å². The maximum Gasteiger partial charge on any atom is 0.355 e. The van der Waals surface area contributed by atoms with Gasteiger partial charge < -0.3 is 10.4 Å². The Hall–Kier alpha value is -2.02. The van der Waals surface area contributed by atoms with Gasteiger partial charge in [-0.15, -0.1) is 11.3 Å². The molecule has 0 radical (unpaired) electrons. The van der Waals surface area contributed by atoms with Crippen LogP contribution in [0.4, 0.5) is 5.95 Å². The van der Waals surface area contributed by atoms with E-state index in [9.17, 15) is 4.79 Å². The number of aryl methyl sites for hydroxylation is 1. The molecule has 6 nitrogen and oxygen atoms in total. The van der Waals surface area contributed by atoms with Crippen LogP contribution in [0.1, 0.15) is 46.6 Å². The molecule has 2 aromatic rings. The summed E-state index contributed by atoms with van der Waals surface area (Å²) < 4.78 is 0. The van der Waals surface area contributed by atoms with Gasteiger partial charge in [0.05, 0.1) is 5.01 Å². The maximum atomic E-state index is 10.8. The highest BCUT2D eigenvalue weighted by Gasteiger charge is 2.09. The standard InChI is InChI=1S/C14H18N4O2S/c1-8(2)10-6-9(3)16-14(18-10)15-5-4-12-17-11(7-21-12)13(19)20/h6-8H,4-5H2,1-3H3,(H,19,20)(H,15,16,18). The molecular formula is C14H18N4O2S. The number of hydrogen-bond donors (Lipinski definition) is 2. The molecule has 0 aromatic carbocycles. The van der Waals surface area contributed by atoms with E-state index in [-0.39, 0.29) is 5.69 Å². The van der Waals surface area contributed by atoms with Crippen LogP contribution in [0.15, 0.2) is 11.4 Å². The predicted octanol–water partition coefficient (Wildman–Crippen LogP) is 2.72. The van der Waals surface area contributed by atoms with E-state index < -0.39 is 5.97 Å². The third-order valence-electron chi connectivity index (χ3n) is 2.86. The predicted molar refractivity (Wildman–Crippen MR) is 82.1 cm³/mol. The number of carboxylic acids is 1. The van der Waals surface area contributed by atoms with Crippen molar-refractivity contribution in [1.29, 1.82) is 0 Å². The molecule has 0 aliphatic carbocycles. The second kappa shape index (κ2) is 6.62. The molecule has 21 heavy (non-hydrogen) atoms. The van der Waals surface area contributed by atoms with Crippen molar-refractivity contribution in [1.82, 2.24) is 15.0 Å². The van der Waals surface area contributed by atoms with E-state index in [1.165, 1.54) is 11.3 Å². The number of thiazole rings is 1. The summed E-state index contributed by atoms with van der Waals surface area (Å²) in [5.74, 6) is -0.0351. The van der Waals surface area contributed by atoms with E-state index in [0.29, 0.717) is 24.8 Å². The normalized spacial score (nSPS) is 10.9. The average Bonchev–Trinajstić information content (AvgIpc) is 2.87. The lowest BCUT2D eigenvalue weighted by Crippen LogP contribution is -2.10. The molecule has 2 N–H and O–H groups in total. The molecule has 0 unspecified atom stereocenters. The number of aromatic carboxylic acids is 1. The summed E-state index contributed by atoms with van der Waals surface area (Å²) in [6, 6.07) is 1.98. The molecule has 2 aromatic heterocycles. The van der Waals surface area contributed by atoms with E-state index in [2.05, 4.69) is 34.1 Å². The van der Waals surface area contributed by atoms with Crippen LogP contribution >= 0.6 is 11.3 Å². The first-order valence-corrected chi connectivity index (χ1v) is 7.61. The van der Waals surface area contributed by atoms with Crippen molar-refractivity contribution < 1.29 is 9.90 Å². The Kier molecular flexibility index (Phi) is 4.85. The molecule has 112 valence electrons. The molecule has 0 aliphatic heterocycles. The largest absolute Gasteiger partial charge is 0.476 e. The first-order valence-electron chi connectivity index (χ1n) is 6.73. The highest BCUT2D eigenvalue weighted by atomic mass is 32.1. The summed E-state index contributed by atoms with van der Waals surface area (Å²) in [5, 5.41) is 14.3. The average molecular weight is 306 g/mol. The van der Waals surface area contributed by atoms with Crippen LogP contribution in [0, 0.1) is 6.92 Å². The van der Waals surface area contributed by atoms with Crippen LogP contribution in [-0.2, 0) is 6.42 Å². The summed E-state index contributed by atoms with van der Waals surface area (Å²) >= 11 is 1.35. The Bertz CT molecular complexity index is 640. The van der Waals surface area contributed by atoms with E-state index in [4.69, 9.17) is 5.11 Å². The number of carbonyl (C=O) groups is 1. The van der Waals surface area contributed by atoms with Crippen molar-refractivity contribution in [3.8, 4) is 0 Å². The van der Waals surface area contributed by atoms with Gasteiger partial charge in [-0.2, -0.15) is 0 Å². The monoisotopic (exact) mass is 306 g/mol. The zero-order chi connectivity index (χ0) is 15.4. The van der Waals surface area contributed by atoms with Gasteiger partial charge in [0.1, 0.15) is 0 Å². The van der Waals surface area contributed by atoms with Gasteiger partial charge in [0.15, 0.2) is 5.69 Å². The van der Waals surface area contributed by atoms with Crippen molar-refractivity contribution in [2.75, 3.05) is 11.9 Å². The molecule has 2 rings (SSSR count). The van der Waals surface area contributed by atoms with Crippen molar-refractivity contribution in [3.63, 3.8) is 0 Å². The molecule has 0 aliphatic rings. The minimum atomic E-state index is -0.992. The van der Waals surface area contributed by atoms with Crippen molar-refractivity contribution in [2.24, 2.45) is 0 Å². The lowest BCUT2D eigenvalue weighted by molar-refractivity contribution is 0.0691. The van der Waals surface area contributed by atoms with Crippen LogP contribution in [0.2, 0.25) is 0 Å². The second-order valence-electron chi connectivity index (χ2n) is 5.02. The van der Waals surface area contributed by atoms with Gasteiger partial charge in [-0.25, -0.2) is 19.7 Å². The molecule has 7 heteroatoms. The Balaban J connectivity index is 1.95. The fourth-order valence-corrected chi connectivity index (χ4v) is 2.55. The number of anilines is 1. The molecule has 0 bridgehead atoms. The lowest BCUT2D eigenvalue weighted by atomic mass is 10.1. The van der Waals surface area contributed by atoms with Gasteiger partial charge in [0.2, 0.25) is 5.95 Å². The molecular weight excluding hydrogens is 288 g/mol. The third kappa shape index (κ3) is 4.22. The van der Waals surface area contributed by atoms with Crippen LogP contribution in [-0.4, -0.2) is 32.6 Å². The number of nitrogens with one attached hydrogen (secondary N) is 1. The summed E-state index contributed by atoms with van der Waals surface area (Å²) in [6.07, 6.45) is 0.645. The Morgan fingerprint density at radius 2 is 2.14 bits per heavy atom. The van der Waals surface area contributed by atoms with Crippen LogP contribution in [0.3, 0.4) is 0 Å². The highest BCUT2D eigenvalue weighted by Crippen LogP contribution is 2.15. The molecule has 0 spiro atoms. The third-order valence-corrected chi connectivity index (χ3v) is 3.77. The van der Waals surface area contributed by atoms with Gasteiger partial charge in [-0.3, -0.25) is 0 Å². The van der Waals surface area contributed by atoms with Gasteiger partial charge in [-0.05, 0) is 18.9 Å². The number of nitrogens with zero attached hydrogens (tertiary/aromatic N) is 3. The summed E-state index contributed by atoms with van der Waals surface area (Å²) in [7, 11) is 0. The van der Waals surface area contributed by atoms with Crippen LogP contribution < -0.4 is 5.32 Å². The minimum Gasteiger partial charge on any atom is -0.476 e. The topological polar surface area (TPSA) is 88.0 Å². The first-order chi connectivity index (χ1) is 9.95. The van der Waals surface area contributed by atoms with Crippen LogP contribution in [0.25, 0.3) is 0 Å². The van der Waals surface area contributed by atoms with E-state index in [1.54, 1.807) is 5.38 Å². The summed E-state index contributed by atoms with van der Waals surface area (Å²) in [5.41, 5.74) is 2.04. The van der Waals surface area contributed by atoms with E-state index in [1.807, 2.05) is 13.0 Å². The maximum absolute atomic E-state index is 10.8. The zero-order valence-electron chi connectivity index (χ0n) is 12.3. The number of hydrogen-bond acceptors (Lipinski definition) is 6. The number of aromatic nitrogens is 3. The molecule has 0 saturated heterocycles. The Morgan fingerprint density at radius 1 is 1.38 bits per heavy atom. The number of rotatable bonds is 6. The van der Waals surface area contributed by atoms with E-state index >= 15 is 0 Å². The fourth-order valence-electron chi connectivity index (χ4n) is 1.77. The zero-order valence-corrected chi connectivity index (χ0v) is 13.1. The van der Waals surface area contributed by atoms with Gasteiger partial charge >= 0.3 is 5.97 Å². The van der Waals surface area contributed by atoms with Gasteiger partial charge in [0.25, 0.3) is 0 Å². The quantitative estimate of drug-likeness (QED) is 0.853. The van der Waals surface area contributed by atoms with Crippen molar-refractivity contribution >= 4 is 23.3 Å². The molecule has 0 amide bonds. The Labute approximate surface area is 127 Å².